The van der Waals surface area contributed by atoms with Crippen LogP contribution >= 0.6 is 0 Å². The lowest BCUT2D eigenvalue weighted by Crippen LogP contribution is -2.45. The van der Waals surface area contributed by atoms with Gasteiger partial charge in [-0.05, 0) is 52.2 Å². The van der Waals surface area contributed by atoms with Crippen LogP contribution in [0.5, 0.6) is 0 Å². The molecule has 0 aromatic heterocycles. The van der Waals surface area contributed by atoms with E-state index in [-0.39, 0.29) is 0 Å². The average molecular weight is 256 g/mol. The van der Waals surface area contributed by atoms with Gasteiger partial charge < -0.3 is 10.1 Å². The molecule has 0 aromatic rings. The fourth-order valence-electron chi connectivity index (χ4n) is 2.62. The van der Waals surface area contributed by atoms with Crippen molar-refractivity contribution < 1.29 is 4.74 Å². The summed E-state index contributed by atoms with van der Waals surface area (Å²) in [7, 11) is 0. The molecule has 1 heterocycles. The van der Waals surface area contributed by atoms with Gasteiger partial charge in [-0.15, -0.1) is 0 Å². The van der Waals surface area contributed by atoms with Crippen LogP contribution in [0.1, 0.15) is 47.0 Å². The third-order valence-corrected chi connectivity index (χ3v) is 3.38. The molecule has 1 rings (SSSR count). The fraction of sp³-hybridized carbons (Fsp3) is 1.00. The molecular formula is C15H32N2O. The molecule has 108 valence electrons. The summed E-state index contributed by atoms with van der Waals surface area (Å²) >= 11 is 0. The van der Waals surface area contributed by atoms with Crippen molar-refractivity contribution >= 4 is 0 Å². The van der Waals surface area contributed by atoms with Crippen molar-refractivity contribution in [1.29, 1.82) is 0 Å². The minimum Gasteiger partial charge on any atom is -0.373 e. The van der Waals surface area contributed by atoms with Crippen molar-refractivity contribution in [3.63, 3.8) is 0 Å². The van der Waals surface area contributed by atoms with Gasteiger partial charge in [0.25, 0.3) is 0 Å². The summed E-state index contributed by atoms with van der Waals surface area (Å²) < 4.78 is 5.75. The Bertz CT molecular complexity index is 199. The molecule has 2 atom stereocenters. The first-order valence-corrected chi connectivity index (χ1v) is 7.66. The highest BCUT2D eigenvalue weighted by Gasteiger charge is 2.21. The summed E-state index contributed by atoms with van der Waals surface area (Å²) in [5.41, 5.74) is 0. The third kappa shape index (κ3) is 7.34. The molecule has 0 aromatic carbocycles. The second kappa shape index (κ2) is 8.89. The number of hydrogen-bond donors (Lipinski definition) is 1. The van der Waals surface area contributed by atoms with Crippen LogP contribution in [0.3, 0.4) is 0 Å². The molecular weight excluding hydrogens is 224 g/mol. The molecule has 0 bridgehead atoms. The van der Waals surface area contributed by atoms with Crippen LogP contribution in [0, 0.1) is 5.92 Å². The Labute approximate surface area is 113 Å². The quantitative estimate of drug-likeness (QED) is 0.675. The largest absolute Gasteiger partial charge is 0.373 e. The van der Waals surface area contributed by atoms with Crippen molar-refractivity contribution in [2.45, 2.75) is 59.2 Å². The van der Waals surface area contributed by atoms with Crippen LogP contribution in [0.4, 0.5) is 0 Å². The van der Waals surface area contributed by atoms with Crippen molar-refractivity contribution in [2.24, 2.45) is 5.92 Å². The van der Waals surface area contributed by atoms with Gasteiger partial charge in [0, 0.05) is 13.1 Å². The first kappa shape index (κ1) is 15.9. The minimum atomic E-state index is 0.404. The lowest BCUT2D eigenvalue weighted by molar-refractivity contribution is -0.0681. The van der Waals surface area contributed by atoms with Gasteiger partial charge in [0.1, 0.15) is 0 Å². The molecule has 0 radical (unpaired) electrons. The maximum absolute atomic E-state index is 5.75. The van der Waals surface area contributed by atoms with Gasteiger partial charge in [0.15, 0.2) is 0 Å². The van der Waals surface area contributed by atoms with E-state index in [1.165, 1.54) is 32.4 Å². The molecule has 0 spiro atoms. The van der Waals surface area contributed by atoms with E-state index >= 15 is 0 Å². The lowest BCUT2D eigenvalue weighted by atomic mass is 10.2. The van der Waals surface area contributed by atoms with Gasteiger partial charge in [-0.25, -0.2) is 0 Å². The normalized spacial score (nSPS) is 25.8. The molecule has 0 aliphatic carbocycles. The Morgan fingerprint density at radius 3 is 2.39 bits per heavy atom. The second-order valence-corrected chi connectivity index (χ2v) is 6.18. The van der Waals surface area contributed by atoms with Crippen molar-refractivity contribution in [2.75, 3.05) is 32.7 Å². The Kier molecular flexibility index (Phi) is 7.87. The number of ether oxygens (including phenoxy) is 1. The van der Waals surface area contributed by atoms with Crippen LogP contribution in [0.15, 0.2) is 0 Å². The zero-order valence-corrected chi connectivity index (χ0v) is 12.7. The summed E-state index contributed by atoms with van der Waals surface area (Å²) in [5.74, 6) is 0.765. The van der Waals surface area contributed by atoms with Crippen LogP contribution in [0.25, 0.3) is 0 Å². The average Bonchev–Trinajstić information content (AvgIpc) is 2.26. The molecule has 0 saturated carbocycles. The highest BCUT2D eigenvalue weighted by atomic mass is 16.5. The summed E-state index contributed by atoms with van der Waals surface area (Å²) in [4.78, 5) is 2.56. The maximum atomic E-state index is 5.75. The van der Waals surface area contributed by atoms with Crippen LogP contribution in [-0.2, 0) is 4.74 Å². The molecule has 1 aliphatic rings. The predicted molar refractivity (Wildman–Crippen MR) is 78.0 cm³/mol. The van der Waals surface area contributed by atoms with E-state index in [1.54, 1.807) is 0 Å². The van der Waals surface area contributed by atoms with E-state index < -0.39 is 0 Å². The molecule has 1 saturated heterocycles. The monoisotopic (exact) mass is 256 g/mol. The smallest absolute Gasteiger partial charge is 0.0678 e. The third-order valence-electron chi connectivity index (χ3n) is 3.38. The fourth-order valence-corrected chi connectivity index (χ4v) is 2.62. The van der Waals surface area contributed by atoms with E-state index in [0.717, 1.165) is 25.6 Å². The van der Waals surface area contributed by atoms with Gasteiger partial charge in [-0.1, -0.05) is 20.3 Å². The standard InChI is InChI=1S/C15H32N2O/c1-13(2)10-16-8-6-5-7-9-17-11-14(3)18-15(4)12-17/h13-16H,5-12H2,1-4H3/t14-,15+. The van der Waals surface area contributed by atoms with Crippen LogP contribution in [0.2, 0.25) is 0 Å². The first-order valence-electron chi connectivity index (χ1n) is 7.66. The highest BCUT2D eigenvalue weighted by molar-refractivity contribution is 4.72. The number of nitrogens with zero attached hydrogens (tertiary/aromatic N) is 1. The Balaban J connectivity index is 1.94. The number of rotatable bonds is 8. The van der Waals surface area contributed by atoms with E-state index in [4.69, 9.17) is 4.74 Å². The van der Waals surface area contributed by atoms with Crippen LogP contribution < -0.4 is 5.32 Å². The number of nitrogens with one attached hydrogen (secondary N) is 1. The van der Waals surface area contributed by atoms with Gasteiger partial charge in [0.05, 0.1) is 12.2 Å². The molecule has 1 aliphatic heterocycles. The SMILES string of the molecule is CC(C)CNCCCCCN1C[C@@H](C)O[C@@H](C)C1. The van der Waals surface area contributed by atoms with Crippen molar-refractivity contribution in [1.82, 2.24) is 10.2 Å². The van der Waals surface area contributed by atoms with E-state index in [9.17, 15) is 0 Å². The predicted octanol–water partition coefficient (Wildman–Crippen LogP) is 2.51. The van der Waals surface area contributed by atoms with Gasteiger partial charge in [0.2, 0.25) is 0 Å². The van der Waals surface area contributed by atoms with Crippen molar-refractivity contribution in [3.05, 3.63) is 0 Å². The Morgan fingerprint density at radius 2 is 1.78 bits per heavy atom. The van der Waals surface area contributed by atoms with Gasteiger partial charge >= 0.3 is 0 Å². The molecule has 1 fully saturated rings. The maximum Gasteiger partial charge on any atom is 0.0678 e. The Morgan fingerprint density at radius 1 is 1.11 bits per heavy atom. The first-order chi connectivity index (χ1) is 8.58. The summed E-state index contributed by atoms with van der Waals surface area (Å²) in [6, 6.07) is 0. The van der Waals surface area contributed by atoms with Gasteiger partial charge in [-0.3, -0.25) is 4.90 Å². The zero-order valence-electron chi connectivity index (χ0n) is 12.7. The minimum absolute atomic E-state index is 0.404. The second-order valence-electron chi connectivity index (χ2n) is 6.18. The molecule has 3 nitrogen and oxygen atoms in total. The molecule has 18 heavy (non-hydrogen) atoms. The molecule has 0 unspecified atom stereocenters. The summed E-state index contributed by atoms with van der Waals surface area (Å²) in [6.07, 6.45) is 4.78. The molecule has 0 amide bonds. The van der Waals surface area contributed by atoms with E-state index in [1.807, 2.05) is 0 Å². The number of morpholine rings is 1. The molecule has 1 N–H and O–H groups in total. The Hall–Kier alpha value is -0.120. The van der Waals surface area contributed by atoms with E-state index in [0.29, 0.717) is 12.2 Å². The lowest BCUT2D eigenvalue weighted by Gasteiger charge is -2.35. The summed E-state index contributed by atoms with van der Waals surface area (Å²) in [6.45, 7) is 14.7. The highest BCUT2D eigenvalue weighted by Crippen LogP contribution is 2.11. The number of unbranched alkanes of at least 4 members (excludes halogenated alkanes) is 2. The summed E-state index contributed by atoms with van der Waals surface area (Å²) in [5, 5.41) is 3.50. The van der Waals surface area contributed by atoms with Gasteiger partial charge in [-0.2, -0.15) is 0 Å². The number of hydrogen-bond acceptors (Lipinski definition) is 3. The molecule has 3 heteroatoms. The zero-order chi connectivity index (χ0) is 13.4. The van der Waals surface area contributed by atoms with Crippen molar-refractivity contribution in [3.8, 4) is 0 Å². The van der Waals surface area contributed by atoms with Crippen LogP contribution in [-0.4, -0.2) is 49.8 Å². The topological polar surface area (TPSA) is 24.5 Å². The van der Waals surface area contributed by atoms with E-state index in [2.05, 4.69) is 37.9 Å².